The number of aryl methyl sites for hydroxylation is 1. The number of nitrogens with zero attached hydrogens (tertiary/aromatic N) is 4. The molecule has 9 heteroatoms. The molecule has 1 aromatic heterocycles. The van der Waals surface area contributed by atoms with Crippen LogP contribution in [0.1, 0.15) is 68.4 Å². The molecule has 1 unspecified atom stereocenters. The highest BCUT2D eigenvalue weighted by molar-refractivity contribution is 8.00. The van der Waals surface area contributed by atoms with Gasteiger partial charge in [0, 0.05) is 30.0 Å². The lowest BCUT2D eigenvalue weighted by molar-refractivity contribution is -0.133. The molecule has 1 atom stereocenters. The van der Waals surface area contributed by atoms with E-state index in [1.807, 2.05) is 31.7 Å². The van der Waals surface area contributed by atoms with Gasteiger partial charge in [-0.25, -0.2) is 0 Å². The molecule has 0 saturated carbocycles. The van der Waals surface area contributed by atoms with Crippen molar-refractivity contribution < 1.29 is 14.1 Å². The average molecular weight is 590 g/mol. The molecule has 2 aliphatic heterocycles. The summed E-state index contributed by atoms with van der Waals surface area (Å²) in [5, 5.41) is 4.15. The Balaban J connectivity index is 1.42. The Kier molecular flexibility index (Phi) is 9.70. The average Bonchev–Trinajstić information content (AvgIpc) is 3.44. The second-order valence-electron chi connectivity index (χ2n) is 11.4. The number of hydrogen-bond donors (Lipinski definition) is 1. The smallest absolute Gasteiger partial charge is 0.257 e. The summed E-state index contributed by atoms with van der Waals surface area (Å²) < 4.78 is 14.6. The monoisotopic (exact) mass is 589 g/mol. The number of unbranched alkanes of at least 4 members (excludes halogenated alkanes) is 1. The SMILES string of the molecule is CCCCC1=NC2(CCCN(C)C2)C(=O)N1Cc1ccc(-c2ccccc2SNc2noc(C)c2C)c(COCC)c1. The largest absolute Gasteiger partial charge is 0.377 e. The van der Waals surface area contributed by atoms with Crippen LogP contribution in [0.2, 0.25) is 0 Å². The first-order valence-electron chi connectivity index (χ1n) is 15.1. The van der Waals surface area contributed by atoms with Crippen LogP contribution in [0.3, 0.4) is 0 Å². The number of amidine groups is 1. The van der Waals surface area contributed by atoms with Gasteiger partial charge in [0.05, 0.1) is 13.2 Å². The van der Waals surface area contributed by atoms with Crippen molar-refractivity contribution >= 4 is 29.5 Å². The number of amides is 1. The lowest BCUT2D eigenvalue weighted by atomic mass is 9.89. The second kappa shape index (κ2) is 13.4. The topological polar surface area (TPSA) is 83.2 Å². The van der Waals surface area contributed by atoms with Crippen LogP contribution < -0.4 is 4.72 Å². The molecule has 1 fully saturated rings. The van der Waals surface area contributed by atoms with Gasteiger partial charge in [-0.3, -0.25) is 14.7 Å². The molecule has 1 spiro atoms. The summed E-state index contributed by atoms with van der Waals surface area (Å²) in [5.41, 5.74) is 4.78. The van der Waals surface area contributed by atoms with Gasteiger partial charge in [0.1, 0.15) is 11.6 Å². The van der Waals surface area contributed by atoms with E-state index in [1.165, 1.54) is 11.9 Å². The van der Waals surface area contributed by atoms with Gasteiger partial charge in [0.15, 0.2) is 11.4 Å². The predicted molar refractivity (Wildman–Crippen MR) is 170 cm³/mol. The van der Waals surface area contributed by atoms with E-state index in [9.17, 15) is 4.79 Å². The van der Waals surface area contributed by atoms with Gasteiger partial charge in [-0.2, -0.15) is 0 Å². The number of aliphatic imine (C=N–C) groups is 1. The van der Waals surface area contributed by atoms with Crippen molar-refractivity contribution in [2.45, 2.75) is 83.4 Å². The van der Waals surface area contributed by atoms with Crippen LogP contribution in [-0.4, -0.2) is 59.0 Å². The maximum Gasteiger partial charge on any atom is 0.257 e. The summed E-state index contributed by atoms with van der Waals surface area (Å²) >= 11 is 1.52. The zero-order valence-corrected chi connectivity index (χ0v) is 26.4. The van der Waals surface area contributed by atoms with Crippen LogP contribution >= 0.6 is 11.9 Å². The van der Waals surface area contributed by atoms with E-state index < -0.39 is 5.54 Å². The zero-order chi connectivity index (χ0) is 29.7. The minimum atomic E-state index is -0.631. The van der Waals surface area contributed by atoms with E-state index in [4.69, 9.17) is 14.3 Å². The molecule has 42 heavy (non-hydrogen) atoms. The Morgan fingerprint density at radius 3 is 2.71 bits per heavy atom. The van der Waals surface area contributed by atoms with Crippen LogP contribution in [-0.2, 0) is 22.7 Å². The lowest BCUT2D eigenvalue weighted by Gasteiger charge is -2.35. The van der Waals surface area contributed by atoms with E-state index in [-0.39, 0.29) is 5.91 Å². The number of anilines is 1. The summed E-state index contributed by atoms with van der Waals surface area (Å²) in [7, 11) is 2.09. The van der Waals surface area contributed by atoms with Crippen molar-refractivity contribution in [2.75, 3.05) is 31.5 Å². The number of nitrogens with one attached hydrogen (secondary N) is 1. The Hall–Kier alpha value is -3.14. The van der Waals surface area contributed by atoms with Gasteiger partial charge >= 0.3 is 0 Å². The molecule has 8 nitrogen and oxygen atoms in total. The van der Waals surface area contributed by atoms with Crippen molar-refractivity contribution in [3.8, 4) is 11.1 Å². The number of hydrogen-bond acceptors (Lipinski definition) is 8. The quantitative estimate of drug-likeness (QED) is 0.228. The summed E-state index contributed by atoms with van der Waals surface area (Å²) in [6, 6.07) is 14.9. The molecule has 1 saturated heterocycles. The first-order valence-corrected chi connectivity index (χ1v) is 15.9. The summed E-state index contributed by atoms with van der Waals surface area (Å²) in [6.45, 7) is 11.5. The number of carbonyl (C=O) groups is 1. The fourth-order valence-corrected chi connectivity index (χ4v) is 6.67. The molecule has 2 aliphatic rings. The van der Waals surface area contributed by atoms with Crippen LogP contribution in [0.25, 0.3) is 11.1 Å². The predicted octanol–water partition coefficient (Wildman–Crippen LogP) is 7.01. The Morgan fingerprint density at radius 2 is 1.98 bits per heavy atom. The van der Waals surface area contributed by atoms with E-state index in [0.29, 0.717) is 26.3 Å². The highest BCUT2D eigenvalue weighted by Gasteiger charge is 2.49. The standard InChI is InChI=1S/C33H43N5O3S/c1-6-8-14-30-34-33(17-11-18-37(5)22-33)32(39)38(30)20-25-15-16-27(26(19-25)21-40-7-2)28-12-9-10-13-29(28)42-36-31-23(3)24(4)41-35-31/h9-10,12-13,15-16,19H,6-8,11,14,17-18,20-22H2,1-5H3,(H,35,36). The Bertz CT molecular complexity index is 1440. The molecule has 1 N–H and O–H groups in total. The van der Waals surface area contributed by atoms with Crippen LogP contribution in [0.15, 0.2) is 56.9 Å². The first kappa shape index (κ1) is 30.3. The van der Waals surface area contributed by atoms with Crippen molar-refractivity contribution in [3.05, 3.63) is 64.9 Å². The van der Waals surface area contributed by atoms with E-state index in [0.717, 1.165) is 88.8 Å². The third-order valence-corrected chi connectivity index (χ3v) is 9.15. The van der Waals surface area contributed by atoms with Gasteiger partial charge in [-0.1, -0.05) is 54.9 Å². The van der Waals surface area contributed by atoms with E-state index >= 15 is 0 Å². The minimum absolute atomic E-state index is 0.154. The molecule has 2 aromatic carbocycles. The molecule has 0 radical (unpaired) electrons. The van der Waals surface area contributed by atoms with Crippen LogP contribution in [0.5, 0.6) is 0 Å². The third-order valence-electron chi connectivity index (χ3n) is 8.28. The number of likely N-dealkylation sites (N-methyl/N-ethyl adjacent to an activating group) is 1. The summed E-state index contributed by atoms with van der Waals surface area (Å²) in [6.07, 6.45) is 4.75. The number of aromatic nitrogens is 1. The summed E-state index contributed by atoms with van der Waals surface area (Å²) in [4.78, 5) is 24.4. The molecule has 3 heterocycles. The Morgan fingerprint density at radius 1 is 1.14 bits per heavy atom. The number of ether oxygens (including phenoxy) is 1. The van der Waals surface area contributed by atoms with Gasteiger partial charge in [0.2, 0.25) is 0 Å². The summed E-state index contributed by atoms with van der Waals surface area (Å²) in [5.74, 6) is 2.64. The normalized spacial score (nSPS) is 19.1. The van der Waals surface area contributed by atoms with Gasteiger partial charge in [-0.15, -0.1) is 0 Å². The molecule has 1 amide bonds. The van der Waals surface area contributed by atoms with Crippen LogP contribution in [0, 0.1) is 13.8 Å². The number of piperidine rings is 1. The van der Waals surface area contributed by atoms with E-state index in [2.05, 4.69) is 65.1 Å². The number of likely N-dealkylation sites (tertiary alicyclic amines) is 1. The minimum Gasteiger partial charge on any atom is -0.377 e. The maximum atomic E-state index is 13.9. The third kappa shape index (κ3) is 6.43. The van der Waals surface area contributed by atoms with Gasteiger partial charge in [-0.05, 0) is 93.9 Å². The van der Waals surface area contributed by atoms with Crippen molar-refractivity contribution in [1.29, 1.82) is 0 Å². The highest BCUT2D eigenvalue weighted by atomic mass is 32.2. The molecular formula is C33H43N5O3S. The lowest BCUT2D eigenvalue weighted by Crippen LogP contribution is -2.52. The molecule has 3 aromatic rings. The molecular weight excluding hydrogens is 546 g/mol. The fourth-order valence-electron chi connectivity index (χ4n) is 5.84. The van der Waals surface area contributed by atoms with Gasteiger partial charge in [0.25, 0.3) is 5.91 Å². The van der Waals surface area contributed by atoms with Crippen molar-refractivity contribution in [1.82, 2.24) is 15.0 Å². The van der Waals surface area contributed by atoms with Gasteiger partial charge < -0.3 is 18.9 Å². The Labute approximate surface area is 254 Å². The first-order chi connectivity index (χ1) is 20.3. The number of carbonyl (C=O) groups excluding carboxylic acids is 1. The molecule has 0 aliphatic carbocycles. The molecule has 5 rings (SSSR count). The van der Waals surface area contributed by atoms with Crippen LogP contribution in [0.4, 0.5) is 5.82 Å². The number of rotatable bonds is 12. The van der Waals surface area contributed by atoms with Crippen molar-refractivity contribution in [2.24, 2.45) is 4.99 Å². The second-order valence-corrected chi connectivity index (χ2v) is 12.3. The molecule has 224 valence electrons. The van der Waals surface area contributed by atoms with Crippen molar-refractivity contribution in [3.63, 3.8) is 0 Å². The van der Waals surface area contributed by atoms with E-state index in [1.54, 1.807) is 0 Å². The maximum absolute atomic E-state index is 13.9. The fraction of sp³-hybridized carbons (Fsp3) is 0.485. The highest BCUT2D eigenvalue weighted by Crippen LogP contribution is 2.37. The zero-order valence-electron chi connectivity index (χ0n) is 25.5. The number of benzene rings is 2. The molecule has 0 bridgehead atoms.